The predicted octanol–water partition coefficient (Wildman–Crippen LogP) is 26.0. The van der Waals surface area contributed by atoms with E-state index in [0.29, 0.717) is 11.8 Å². The summed E-state index contributed by atoms with van der Waals surface area (Å²) in [6.07, 6.45) is 16.5. The molecule has 0 saturated heterocycles. The first-order chi connectivity index (χ1) is 46.8. The molecular formula is C96H90N2. The molecule has 0 aromatic heterocycles. The highest BCUT2D eigenvalue weighted by molar-refractivity contribution is 5.91. The molecule has 0 spiro atoms. The second-order valence-corrected chi connectivity index (χ2v) is 32.7. The highest BCUT2D eigenvalue weighted by atomic mass is 15.2. The summed E-state index contributed by atoms with van der Waals surface area (Å²) in [6, 6.07) is 90.1. The Morgan fingerprint density at radius 1 is 0.316 bits per heavy atom. The van der Waals surface area contributed by atoms with Gasteiger partial charge in [0.25, 0.3) is 0 Å². The van der Waals surface area contributed by atoms with E-state index in [1.165, 1.54) is 151 Å². The van der Waals surface area contributed by atoms with Gasteiger partial charge in [0, 0.05) is 56.3 Å². The van der Waals surface area contributed by atoms with Crippen LogP contribution in [0.1, 0.15) is 181 Å². The third-order valence-corrected chi connectivity index (χ3v) is 23.1. The summed E-state index contributed by atoms with van der Waals surface area (Å²) in [6.45, 7) is 33.0. The second kappa shape index (κ2) is 22.8. The average Bonchev–Trinajstić information content (AvgIpc) is 1.56. The van der Waals surface area contributed by atoms with Gasteiger partial charge >= 0.3 is 0 Å². The van der Waals surface area contributed by atoms with Crippen LogP contribution < -0.4 is 9.80 Å². The Bertz CT molecular complexity index is 5130. The van der Waals surface area contributed by atoms with Crippen molar-refractivity contribution in [3.8, 4) is 44.5 Å². The number of anilines is 5. The van der Waals surface area contributed by atoms with Gasteiger partial charge in [0.1, 0.15) is 0 Å². The molecule has 0 heterocycles. The molecule has 0 N–H and O–H groups in total. The summed E-state index contributed by atoms with van der Waals surface area (Å²) in [7, 11) is 0. The minimum atomic E-state index is -0.206. The third kappa shape index (κ3) is 10.4. The molecule has 2 atom stereocenters. The van der Waals surface area contributed by atoms with Crippen molar-refractivity contribution in [2.45, 2.75) is 135 Å². The first-order valence-electron chi connectivity index (χ1n) is 35.5. The first-order valence-corrected chi connectivity index (χ1v) is 35.5. The molecule has 2 unspecified atom stereocenters. The average molecular weight is 1270 g/mol. The highest BCUT2D eigenvalue weighted by Gasteiger charge is 2.46. The minimum Gasteiger partial charge on any atom is -0.311 e. The van der Waals surface area contributed by atoms with Gasteiger partial charge in [-0.1, -0.05) is 309 Å². The van der Waals surface area contributed by atoms with E-state index in [4.69, 9.17) is 0 Å². The Labute approximate surface area is 583 Å². The summed E-state index contributed by atoms with van der Waals surface area (Å²) in [5, 5.41) is 0. The molecule has 2 nitrogen and oxygen atoms in total. The van der Waals surface area contributed by atoms with Crippen LogP contribution in [0.25, 0.3) is 68.8 Å². The van der Waals surface area contributed by atoms with E-state index in [9.17, 15) is 0 Å². The molecule has 11 aromatic rings. The van der Waals surface area contributed by atoms with Crippen LogP contribution in [0.3, 0.4) is 0 Å². The zero-order valence-corrected chi connectivity index (χ0v) is 59.6. The Morgan fingerprint density at radius 2 is 0.663 bits per heavy atom. The van der Waals surface area contributed by atoms with E-state index in [1.54, 1.807) is 0 Å². The van der Waals surface area contributed by atoms with Crippen LogP contribution in [-0.2, 0) is 32.5 Å². The number of hydrogen-bond acceptors (Lipinski definition) is 2. The van der Waals surface area contributed by atoms with Crippen LogP contribution >= 0.6 is 0 Å². The Morgan fingerprint density at radius 3 is 1.12 bits per heavy atom. The molecule has 0 radical (unpaired) electrons. The van der Waals surface area contributed by atoms with Crippen molar-refractivity contribution in [1.29, 1.82) is 0 Å². The highest BCUT2D eigenvalue weighted by Crippen LogP contribution is 2.57. The fourth-order valence-electron chi connectivity index (χ4n) is 17.2. The molecular weight excluding hydrogens is 1180 g/mol. The van der Waals surface area contributed by atoms with Crippen molar-refractivity contribution in [3.05, 3.63) is 338 Å². The Hall–Kier alpha value is -10.0. The van der Waals surface area contributed by atoms with Crippen LogP contribution in [0.5, 0.6) is 0 Å². The normalized spacial score (nSPS) is 17.6. The lowest BCUT2D eigenvalue weighted by Gasteiger charge is -2.35. The molecule has 16 rings (SSSR count). The van der Waals surface area contributed by atoms with Crippen molar-refractivity contribution >= 4 is 52.7 Å². The molecule has 0 saturated carbocycles. The van der Waals surface area contributed by atoms with Crippen LogP contribution in [0.2, 0.25) is 0 Å². The van der Waals surface area contributed by atoms with Gasteiger partial charge in [-0.05, 0) is 211 Å². The quantitative estimate of drug-likeness (QED) is 0.119. The van der Waals surface area contributed by atoms with Crippen LogP contribution in [-0.4, -0.2) is 0 Å². The molecule has 11 aromatic carbocycles. The lowest BCUT2D eigenvalue weighted by atomic mass is 9.74. The van der Waals surface area contributed by atoms with Gasteiger partial charge in [0.15, 0.2) is 0 Å². The molecule has 2 heteroatoms. The smallest absolute Gasteiger partial charge is 0.0465 e. The number of allylic oxidation sites excluding steroid dienone is 3. The number of hydrogen-bond donors (Lipinski definition) is 0. The molecule has 5 aliphatic carbocycles. The van der Waals surface area contributed by atoms with Crippen molar-refractivity contribution in [2.24, 2.45) is 5.92 Å². The maximum atomic E-state index is 2.57. The minimum absolute atomic E-state index is 0.0151. The van der Waals surface area contributed by atoms with Gasteiger partial charge in [-0.3, -0.25) is 0 Å². The zero-order valence-electron chi connectivity index (χ0n) is 59.6. The number of benzene rings is 11. The van der Waals surface area contributed by atoms with Crippen LogP contribution in [0.15, 0.2) is 261 Å². The zero-order chi connectivity index (χ0) is 68.0. The first kappa shape index (κ1) is 62.8. The summed E-state index contributed by atoms with van der Waals surface area (Å²) in [5.41, 5.74) is 35.6. The summed E-state index contributed by atoms with van der Waals surface area (Å²) in [5.74, 6) is 0.729. The van der Waals surface area contributed by atoms with E-state index in [0.717, 1.165) is 5.69 Å². The summed E-state index contributed by atoms with van der Waals surface area (Å²) in [4.78, 5) is 4.98. The van der Waals surface area contributed by atoms with Gasteiger partial charge in [-0.25, -0.2) is 0 Å². The summed E-state index contributed by atoms with van der Waals surface area (Å²) >= 11 is 0. The number of fused-ring (bicyclic) bond motifs is 12. The van der Waals surface area contributed by atoms with Crippen molar-refractivity contribution in [3.63, 3.8) is 0 Å². The maximum Gasteiger partial charge on any atom is 0.0465 e. The fourth-order valence-corrected chi connectivity index (χ4v) is 17.2. The van der Waals surface area contributed by atoms with E-state index in [1.807, 2.05) is 0 Å². The second-order valence-electron chi connectivity index (χ2n) is 32.7. The fraction of sp³-hybridized carbons (Fsp3) is 0.229. The molecule has 484 valence electrons. The van der Waals surface area contributed by atoms with Crippen molar-refractivity contribution < 1.29 is 0 Å². The van der Waals surface area contributed by atoms with Crippen LogP contribution in [0.4, 0.5) is 28.4 Å². The largest absolute Gasteiger partial charge is 0.311 e. The Balaban J connectivity index is 0.606. The van der Waals surface area contributed by atoms with Crippen molar-refractivity contribution in [1.82, 2.24) is 0 Å². The van der Waals surface area contributed by atoms with Crippen LogP contribution in [0, 0.1) is 5.92 Å². The molecule has 0 bridgehead atoms. The summed E-state index contributed by atoms with van der Waals surface area (Å²) < 4.78 is 0. The van der Waals surface area contributed by atoms with Crippen molar-refractivity contribution in [2.75, 3.05) is 9.80 Å². The predicted molar refractivity (Wildman–Crippen MR) is 419 cm³/mol. The molecule has 5 aliphatic rings. The van der Waals surface area contributed by atoms with E-state index >= 15 is 0 Å². The maximum absolute atomic E-state index is 2.57. The third-order valence-electron chi connectivity index (χ3n) is 23.1. The molecule has 0 amide bonds. The van der Waals surface area contributed by atoms with Gasteiger partial charge in [-0.15, -0.1) is 0 Å². The standard InChI is InChI=1S/C96H90N2/c1-91(2,3)67-37-41-69(42-38-67)97(71-45-51-79-75-19-15-17-21-83(75)93(7,8)87(79)57-71)73-47-53-81-77-49-31-63(55-85(77)95(11,12)89(81)59-73)25-23-61-27-33-65(34-28-61)66-35-29-62(30-36-66)24-26-64-32-50-78-82-54-48-74(60-90(82)96(13,14)86(78)56-64)98(70-43-39-68(40-44-70)92(4,5)6)72-46-52-80-76-20-16-18-22-84(76)94(9,10)88(80)58-72/h15-60,79,87H,1-14H3/b25-23+,26-24+. The number of rotatable bonds is 11. The topological polar surface area (TPSA) is 6.48 Å². The van der Waals surface area contributed by atoms with E-state index in [2.05, 4.69) is 386 Å². The Kier molecular flexibility index (Phi) is 14.6. The SMILES string of the molecule is CC(C)(C)c1ccc(N(C2=CC3C(C=C2)c2ccccc2C3(C)C)c2ccc3c(c2)C(C)(C)c2cc(/C=C/c4ccc(-c5ccc(/C=C/c6ccc7c(c6)C(C)(C)c6cc(N(c8ccc(C(C)(C)C)cc8)c8ccc9c(c8)C(C)(C)c8ccccc8-9)ccc6-7)cc5)cc4)ccc2-3)cc1. The van der Waals surface area contributed by atoms with Gasteiger partial charge in [-0.2, -0.15) is 0 Å². The van der Waals surface area contributed by atoms with E-state index < -0.39 is 0 Å². The lowest BCUT2D eigenvalue weighted by Crippen LogP contribution is -2.28. The monoisotopic (exact) mass is 1270 g/mol. The molecule has 0 aliphatic heterocycles. The van der Waals surface area contributed by atoms with Gasteiger partial charge in [0.2, 0.25) is 0 Å². The van der Waals surface area contributed by atoms with Gasteiger partial charge in [0.05, 0.1) is 0 Å². The lowest BCUT2D eigenvalue weighted by molar-refractivity contribution is 0.392. The van der Waals surface area contributed by atoms with Gasteiger partial charge < -0.3 is 9.80 Å². The molecule has 0 fully saturated rings. The molecule has 98 heavy (non-hydrogen) atoms. The number of nitrogens with zero attached hydrogens (tertiary/aromatic N) is 2. The van der Waals surface area contributed by atoms with E-state index in [-0.39, 0.29) is 32.5 Å².